The summed E-state index contributed by atoms with van der Waals surface area (Å²) in [6, 6.07) is -0.00625. The molecule has 0 saturated carbocycles. The molecular weight excluding hydrogens is 304 g/mol. The Hall–Kier alpha value is -1.47. The second-order valence-corrected chi connectivity index (χ2v) is 5.94. The Labute approximate surface area is 135 Å². The van der Waals surface area contributed by atoms with E-state index in [9.17, 15) is 9.59 Å². The van der Waals surface area contributed by atoms with E-state index < -0.39 is 5.97 Å². The van der Waals surface area contributed by atoms with E-state index in [4.69, 9.17) is 9.47 Å². The summed E-state index contributed by atoms with van der Waals surface area (Å²) in [4.78, 5) is 30.7. The molecule has 1 aromatic rings. The Morgan fingerprint density at radius 1 is 1.36 bits per heavy atom. The molecule has 1 unspecified atom stereocenters. The Balaban J connectivity index is 3.11. The molecule has 1 amide bonds. The standard InChI is InChI=1S/C15H24N2O4S/c1-6-8-10(3)17(12(18)9-20-5)15-16-11(4)13(22-15)14(19)21-7-2/h10H,6-9H2,1-5H3. The maximum atomic E-state index is 12.3. The van der Waals surface area contributed by atoms with Crippen LogP contribution in [0.2, 0.25) is 0 Å². The van der Waals surface area contributed by atoms with Gasteiger partial charge in [-0.15, -0.1) is 0 Å². The molecule has 22 heavy (non-hydrogen) atoms. The minimum atomic E-state index is -0.397. The highest BCUT2D eigenvalue weighted by Crippen LogP contribution is 2.29. The molecule has 1 rings (SSSR count). The number of rotatable bonds is 8. The summed E-state index contributed by atoms with van der Waals surface area (Å²) in [5.74, 6) is -0.557. The fourth-order valence-electron chi connectivity index (χ4n) is 2.15. The molecule has 0 aliphatic carbocycles. The van der Waals surface area contributed by atoms with Crippen LogP contribution in [0.4, 0.5) is 5.13 Å². The van der Waals surface area contributed by atoms with Crippen LogP contribution in [-0.4, -0.2) is 43.2 Å². The lowest BCUT2D eigenvalue weighted by atomic mass is 10.2. The van der Waals surface area contributed by atoms with Gasteiger partial charge in [0.1, 0.15) is 11.5 Å². The number of hydrogen-bond acceptors (Lipinski definition) is 6. The van der Waals surface area contributed by atoms with Crippen molar-refractivity contribution in [1.29, 1.82) is 0 Å². The van der Waals surface area contributed by atoms with Gasteiger partial charge in [-0.1, -0.05) is 24.7 Å². The largest absolute Gasteiger partial charge is 0.462 e. The molecule has 0 N–H and O–H groups in total. The van der Waals surface area contributed by atoms with E-state index in [0.29, 0.717) is 22.3 Å². The van der Waals surface area contributed by atoms with E-state index >= 15 is 0 Å². The van der Waals surface area contributed by atoms with Crippen molar-refractivity contribution in [2.24, 2.45) is 0 Å². The monoisotopic (exact) mass is 328 g/mol. The van der Waals surface area contributed by atoms with Crippen LogP contribution in [0.1, 0.15) is 49.0 Å². The molecular formula is C15H24N2O4S. The Bertz CT molecular complexity index is 516. The van der Waals surface area contributed by atoms with E-state index in [2.05, 4.69) is 11.9 Å². The third kappa shape index (κ3) is 4.51. The SMILES string of the molecule is CCCC(C)N(C(=O)COC)c1nc(C)c(C(=O)OCC)s1. The third-order valence-corrected chi connectivity index (χ3v) is 4.27. The van der Waals surface area contributed by atoms with Gasteiger partial charge < -0.3 is 9.47 Å². The lowest BCUT2D eigenvalue weighted by Crippen LogP contribution is -2.40. The normalized spacial score (nSPS) is 12.0. The smallest absolute Gasteiger partial charge is 0.350 e. The minimum Gasteiger partial charge on any atom is -0.462 e. The number of methoxy groups -OCH3 is 1. The summed E-state index contributed by atoms with van der Waals surface area (Å²) in [6.07, 6.45) is 1.80. The van der Waals surface area contributed by atoms with E-state index in [1.165, 1.54) is 18.4 Å². The van der Waals surface area contributed by atoms with Crippen LogP contribution < -0.4 is 4.90 Å². The van der Waals surface area contributed by atoms with Gasteiger partial charge in [0.15, 0.2) is 5.13 Å². The zero-order chi connectivity index (χ0) is 16.7. The van der Waals surface area contributed by atoms with Crippen molar-refractivity contribution in [2.75, 3.05) is 25.2 Å². The fraction of sp³-hybridized carbons (Fsp3) is 0.667. The number of aromatic nitrogens is 1. The molecule has 1 atom stereocenters. The van der Waals surface area contributed by atoms with Crippen molar-refractivity contribution in [3.8, 4) is 0 Å². The molecule has 0 saturated heterocycles. The molecule has 6 nitrogen and oxygen atoms in total. The first kappa shape index (κ1) is 18.6. The number of aryl methyl sites for hydroxylation is 1. The first-order chi connectivity index (χ1) is 10.5. The molecule has 0 radical (unpaired) electrons. The van der Waals surface area contributed by atoms with Gasteiger partial charge in [-0.3, -0.25) is 9.69 Å². The average molecular weight is 328 g/mol. The topological polar surface area (TPSA) is 68.7 Å². The van der Waals surface area contributed by atoms with Gasteiger partial charge >= 0.3 is 5.97 Å². The molecule has 0 aliphatic rings. The van der Waals surface area contributed by atoms with Crippen molar-refractivity contribution in [1.82, 2.24) is 4.98 Å². The first-order valence-electron chi connectivity index (χ1n) is 7.41. The predicted molar refractivity (Wildman–Crippen MR) is 86.5 cm³/mol. The average Bonchev–Trinajstić information content (AvgIpc) is 2.81. The second-order valence-electron chi connectivity index (χ2n) is 4.97. The fourth-order valence-corrected chi connectivity index (χ4v) is 3.23. The zero-order valence-electron chi connectivity index (χ0n) is 13.8. The summed E-state index contributed by atoms with van der Waals surface area (Å²) < 4.78 is 9.97. The van der Waals surface area contributed by atoms with Gasteiger partial charge in [0.05, 0.1) is 12.3 Å². The molecule has 0 fully saturated rings. The summed E-state index contributed by atoms with van der Waals surface area (Å²) in [7, 11) is 1.48. The number of amides is 1. The van der Waals surface area contributed by atoms with Gasteiger partial charge in [-0.2, -0.15) is 0 Å². The van der Waals surface area contributed by atoms with Gasteiger partial charge in [-0.05, 0) is 27.2 Å². The molecule has 1 heterocycles. The summed E-state index contributed by atoms with van der Waals surface area (Å²) in [6.45, 7) is 7.83. The number of hydrogen-bond donors (Lipinski definition) is 0. The van der Waals surface area contributed by atoms with Crippen molar-refractivity contribution in [3.63, 3.8) is 0 Å². The van der Waals surface area contributed by atoms with Crippen molar-refractivity contribution in [2.45, 2.75) is 46.6 Å². The number of ether oxygens (including phenoxy) is 2. The van der Waals surface area contributed by atoms with Crippen LogP contribution in [0.25, 0.3) is 0 Å². The first-order valence-corrected chi connectivity index (χ1v) is 8.23. The quantitative estimate of drug-likeness (QED) is 0.686. The van der Waals surface area contributed by atoms with E-state index in [-0.39, 0.29) is 18.6 Å². The third-order valence-electron chi connectivity index (χ3n) is 3.14. The van der Waals surface area contributed by atoms with Gasteiger partial charge in [-0.25, -0.2) is 9.78 Å². The lowest BCUT2D eigenvalue weighted by Gasteiger charge is -2.26. The van der Waals surface area contributed by atoms with Crippen LogP contribution in [-0.2, 0) is 14.3 Å². The molecule has 124 valence electrons. The highest BCUT2D eigenvalue weighted by Gasteiger charge is 2.27. The number of carbonyl (C=O) groups is 2. The van der Waals surface area contributed by atoms with E-state index in [1.807, 2.05) is 6.92 Å². The zero-order valence-corrected chi connectivity index (χ0v) is 14.7. The molecule has 0 aliphatic heterocycles. The molecule has 0 spiro atoms. The number of thiazole rings is 1. The summed E-state index contributed by atoms with van der Waals surface area (Å²) >= 11 is 1.19. The number of anilines is 1. The maximum absolute atomic E-state index is 12.3. The number of nitrogens with zero attached hydrogens (tertiary/aromatic N) is 2. The maximum Gasteiger partial charge on any atom is 0.350 e. The minimum absolute atomic E-state index is 0.00625. The summed E-state index contributed by atoms with van der Waals surface area (Å²) in [5, 5.41) is 0.517. The van der Waals surface area contributed by atoms with Crippen molar-refractivity contribution < 1.29 is 19.1 Å². The van der Waals surface area contributed by atoms with E-state index in [1.54, 1.807) is 18.7 Å². The Morgan fingerprint density at radius 3 is 2.59 bits per heavy atom. The van der Waals surface area contributed by atoms with Crippen LogP contribution in [0.5, 0.6) is 0 Å². The summed E-state index contributed by atoms with van der Waals surface area (Å²) in [5.41, 5.74) is 0.581. The second kappa shape index (κ2) is 8.85. The highest BCUT2D eigenvalue weighted by molar-refractivity contribution is 7.17. The molecule has 1 aromatic heterocycles. The van der Waals surface area contributed by atoms with Crippen LogP contribution in [0, 0.1) is 6.92 Å². The van der Waals surface area contributed by atoms with Crippen LogP contribution in [0.3, 0.4) is 0 Å². The molecule has 7 heteroatoms. The number of carbonyl (C=O) groups excluding carboxylic acids is 2. The van der Waals surface area contributed by atoms with Gasteiger partial charge in [0.25, 0.3) is 5.91 Å². The van der Waals surface area contributed by atoms with E-state index in [0.717, 1.165) is 12.8 Å². The Morgan fingerprint density at radius 2 is 2.05 bits per heavy atom. The number of esters is 1. The predicted octanol–water partition coefficient (Wildman–Crippen LogP) is 2.80. The molecule has 0 aromatic carbocycles. The molecule has 0 bridgehead atoms. The van der Waals surface area contributed by atoms with Crippen LogP contribution in [0.15, 0.2) is 0 Å². The highest BCUT2D eigenvalue weighted by atomic mass is 32.1. The van der Waals surface area contributed by atoms with Crippen molar-refractivity contribution >= 4 is 28.3 Å². The Kier molecular flexibility index (Phi) is 7.47. The lowest BCUT2D eigenvalue weighted by molar-refractivity contribution is -0.122. The van der Waals surface area contributed by atoms with Gasteiger partial charge in [0.2, 0.25) is 0 Å². The van der Waals surface area contributed by atoms with Gasteiger partial charge in [0, 0.05) is 13.2 Å². The van der Waals surface area contributed by atoms with Crippen molar-refractivity contribution in [3.05, 3.63) is 10.6 Å². The van der Waals surface area contributed by atoms with Crippen LogP contribution >= 0.6 is 11.3 Å².